The van der Waals surface area contributed by atoms with E-state index in [-0.39, 0.29) is 5.75 Å². The molecular weight excluding hydrogens is 480 g/mol. The summed E-state index contributed by atoms with van der Waals surface area (Å²) in [4.78, 5) is 0. The Bertz CT molecular complexity index is 561. The first-order valence-electron chi connectivity index (χ1n) is 4.62. The van der Waals surface area contributed by atoms with Gasteiger partial charge in [-0.3, -0.25) is 0 Å². The molecule has 2 aromatic rings. The second-order valence-corrected chi connectivity index (χ2v) is 7.04. The summed E-state index contributed by atoms with van der Waals surface area (Å²) in [7, 11) is 0. The van der Waals surface area contributed by atoms with Crippen molar-refractivity contribution in [1.29, 1.82) is 0 Å². The Hall–Kier alpha value is 0.160. The maximum atomic E-state index is 10.1. The predicted molar refractivity (Wildman–Crippen MR) is 84.3 cm³/mol. The van der Waals surface area contributed by atoms with Gasteiger partial charge in [0.2, 0.25) is 0 Å². The monoisotopic (exact) mass is 482 g/mol. The summed E-state index contributed by atoms with van der Waals surface area (Å²) in [6, 6.07) is 9.56. The van der Waals surface area contributed by atoms with Crippen molar-refractivity contribution in [3.63, 3.8) is 0 Å². The molecule has 1 nitrogen and oxygen atoms in total. The van der Waals surface area contributed by atoms with Crippen molar-refractivity contribution >= 4 is 63.7 Å². The molecule has 17 heavy (non-hydrogen) atoms. The Morgan fingerprint density at radius 1 is 0.706 bits per heavy atom. The standard InChI is InChI=1S/C12H6Br4O/c13-7-1-6(2-8(14)3-7)10-4-9(15)5-11(16)12(10)17/h1-5,17H. The van der Waals surface area contributed by atoms with E-state index in [1.165, 1.54) is 0 Å². The lowest BCUT2D eigenvalue weighted by atomic mass is 10.1. The van der Waals surface area contributed by atoms with Gasteiger partial charge in [0.25, 0.3) is 0 Å². The van der Waals surface area contributed by atoms with Crippen molar-refractivity contribution in [2.24, 2.45) is 0 Å². The Morgan fingerprint density at radius 3 is 1.82 bits per heavy atom. The van der Waals surface area contributed by atoms with Crippen LogP contribution in [-0.4, -0.2) is 5.11 Å². The lowest BCUT2D eigenvalue weighted by Gasteiger charge is -2.09. The molecule has 2 aromatic carbocycles. The Kier molecular flexibility index (Phi) is 4.34. The second kappa shape index (κ2) is 5.43. The van der Waals surface area contributed by atoms with E-state index >= 15 is 0 Å². The van der Waals surface area contributed by atoms with Gasteiger partial charge in [0.05, 0.1) is 4.47 Å². The molecule has 0 aliphatic carbocycles. The van der Waals surface area contributed by atoms with Crippen molar-refractivity contribution in [1.82, 2.24) is 0 Å². The predicted octanol–water partition coefficient (Wildman–Crippen LogP) is 6.11. The van der Waals surface area contributed by atoms with Crippen LogP contribution in [0.1, 0.15) is 0 Å². The van der Waals surface area contributed by atoms with Crippen molar-refractivity contribution in [2.45, 2.75) is 0 Å². The van der Waals surface area contributed by atoms with Crippen LogP contribution in [0.3, 0.4) is 0 Å². The number of benzene rings is 2. The van der Waals surface area contributed by atoms with Gasteiger partial charge >= 0.3 is 0 Å². The number of rotatable bonds is 1. The summed E-state index contributed by atoms with van der Waals surface area (Å²) in [5, 5.41) is 10.1. The maximum Gasteiger partial charge on any atom is 0.137 e. The Balaban J connectivity index is 2.67. The SMILES string of the molecule is Oc1c(Br)cc(Br)cc1-c1cc(Br)cc(Br)c1. The molecule has 2 rings (SSSR count). The summed E-state index contributed by atoms with van der Waals surface area (Å²) >= 11 is 13.6. The minimum atomic E-state index is 0.234. The van der Waals surface area contributed by atoms with Crippen molar-refractivity contribution in [2.75, 3.05) is 0 Å². The zero-order chi connectivity index (χ0) is 12.6. The van der Waals surface area contributed by atoms with Crippen LogP contribution in [0.4, 0.5) is 0 Å². The van der Waals surface area contributed by atoms with Gasteiger partial charge in [-0.15, -0.1) is 0 Å². The van der Waals surface area contributed by atoms with E-state index in [0.717, 1.165) is 24.5 Å². The van der Waals surface area contributed by atoms with Gasteiger partial charge < -0.3 is 5.11 Å². The van der Waals surface area contributed by atoms with E-state index in [9.17, 15) is 5.11 Å². The molecule has 88 valence electrons. The van der Waals surface area contributed by atoms with Gasteiger partial charge in [0.15, 0.2) is 0 Å². The van der Waals surface area contributed by atoms with E-state index in [4.69, 9.17) is 0 Å². The number of hydrogen-bond donors (Lipinski definition) is 1. The average Bonchev–Trinajstić information content (AvgIpc) is 2.22. The number of hydrogen-bond acceptors (Lipinski definition) is 1. The molecule has 0 unspecified atom stereocenters. The van der Waals surface area contributed by atoms with E-state index < -0.39 is 0 Å². The molecule has 0 spiro atoms. The molecule has 0 bridgehead atoms. The quantitative estimate of drug-likeness (QED) is 0.517. The lowest BCUT2D eigenvalue weighted by molar-refractivity contribution is 0.474. The van der Waals surface area contributed by atoms with Crippen molar-refractivity contribution < 1.29 is 5.11 Å². The fraction of sp³-hybridized carbons (Fsp3) is 0. The minimum absolute atomic E-state index is 0.234. The first kappa shape index (κ1) is 13.6. The highest BCUT2D eigenvalue weighted by atomic mass is 79.9. The molecule has 0 heterocycles. The van der Waals surface area contributed by atoms with E-state index in [2.05, 4.69) is 63.7 Å². The highest BCUT2D eigenvalue weighted by Gasteiger charge is 2.10. The van der Waals surface area contributed by atoms with Crippen LogP contribution in [-0.2, 0) is 0 Å². The minimum Gasteiger partial charge on any atom is -0.506 e. The van der Waals surface area contributed by atoms with Crippen LogP contribution in [0.2, 0.25) is 0 Å². The van der Waals surface area contributed by atoms with Crippen LogP contribution < -0.4 is 0 Å². The smallest absolute Gasteiger partial charge is 0.137 e. The third-order valence-electron chi connectivity index (χ3n) is 2.20. The van der Waals surface area contributed by atoms with Gasteiger partial charge in [-0.05, 0) is 51.8 Å². The Morgan fingerprint density at radius 2 is 1.24 bits per heavy atom. The molecule has 0 saturated heterocycles. The fourth-order valence-corrected chi connectivity index (χ4v) is 4.01. The van der Waals surface area contributed by atoms with Gasteiger partial charge in [-0.2, -0.15) is 0 Å². The third-order valence-corrected chi connectivity index (χ3v) is 4.18. The average molecular weight is 486 g/mol. The van der Waals surface area contributed by atoms with Gasteiger partial charge in [0.1, 0.15) is 5.75 Å². The van der Waals surface area contributed by atoms with Crippen molar-refractivity contribution in [3.8, 4) is 16.9 Å². The molecule has 5 heteroatoms. The van der Waals surface area contributed by atoms with Gasteiger partial charge in [0, 0.05) is 19.0 Å². The van der Waals surface area contributed by atoms with E-state index in [1.807, 2.05) is 30.3 Å². The molecule has 0 aromatic heterocycles. The zero-order valence-electron chi connectivity index (χ0n) is 8.35. The van der Waals surface area contributed by atoms with E-state index in [0.29, 0.717) is 4.47 Å². The number of phenolic OH excluding ortho intramolecular Hbond substituents is 1. The van der Waals surface area contributed by atoms with Gasteiger partial charge in [-0.25, -0.2) is 0 Å². The second-order valence-electron chi connectivity index (χ2n) is 3.44. The zero-order valence-corrected chi connectivity index (χ0v) is 14.7. The molecule has 1 N–H and O–H groups in total. The number of phenols is 1. The molecule has 0 aliphatic rings. The number of aromatic hydroxyl groups is 1. The first-order valence-corrected chi connectivity index (χ1v) is 7.79. The van der Waals surface area contributed by atoms with Crippen molar-refractivity contribution in [3.05, 3.63) is 48.2 Å². The van der Waals surface area contributed by atoms with Crippen LogP contribution in [0.25, 0.3) is 11.1 Å². The van der Waals surface area contributed by atoms with Crippen LogP contribution in [0, 0.1) is 0 Å². The summed E-state index contributed by atoms with van der Waals surface area (Å²) in [6.45, 7) is 0. The maximum absolute atomic E-state index is 10.1. The molecule has 0 radical (unpaired) electrons. The Labute approximate surface area is 133 Å². The molecule has 0 saturated carbocycles. The first-order chi connectivity index (χ1) is 7.97. The summed E-state index contributed by atoms with van der Waals surface area (Å²) < 4.78 is 3.49. The fourth-order valence-electron chi connectivity index (χ4n) is 1.50. The van der Waals surface area contributed by atoms with E-state index in [1.54, 1.807) is 0 Å². The molecular formula is C12H6Br4O. The largest absolute Gasteiger partial charge is 0.506 e. The molecule has 0 atom stereocenters. The normalized spacial score (nSPS) is 10.6. The van der Waals surface area contributed by atoms with Crippen LogP contribution in [0.15, 0.2) is 48.2 Å². The lowest BCUT2D eigenvalue weighted by Crippen LogP contribution is -1.82. The highest BCUT2D eigenvalue weighted by molar-refractivity contribution is 9.11. The molecule has 0 aliphatic heterocycles. The van der Waals surface area contributed by atoms with Gasteiger partial charge in [-0.1, -0.05) is 47.8 Å². The van der Waals surface area contributed by atoms with Crippen LogP contribution >= 0.6 is 63.7 Å². The summed E-state index contributed by atoms with van der Waals surface area (Å²) in [5.41, 5.74) is 1.71. The molecule has 0 fully saturated rings. The highest BCUT2D eigenvalue weighted by Crippen LogP contribution is 2.39. The van der Waals surface area contributed by atoms with Crippen LogP contribution in [0.5, 0.6) is 5.75 Å². The summed E-state index contributed by atoms with van der Waals surface area (Å²) in [6.07, 6.45) is 0. The third kappa shape index (κ3) is 3.13. The topological polar surface area (TPSA) is 20.2 Å². The number of halogens is 4. The molecule has 0 amide bonds. The summed E-state index contributed by atoms with van der Waals surface area (Å²) in [5.74, 6) is 0.234.